The zero-order chi connectivity index (χ0) is 8.27. The van der Waals surface area contributed by atoms with Gasteiger partial charge in [0, 0.05) is 0 Å². The minimum Gasteiger partial charge on any atom is -0.507 e. The van der Waals surface area contributed by atoms with E-state index in [2.05, 4.69) is 29.5 Å². The van der Waals surface area contributed by atoms with Gasteiger partial charge in [-0.3, -0.25) is 0 Å². The fraction of sp³-hybridized carbons (Fsp3) is 0.333. The lowest BCUT2D eigenvalue weighted by molar-refractivity contribution is 0.471. The Balaban J connectivity index is 2.86. The van der Waals surface area contributed by atoms with Crippen molar-refractivity contribution in [2.45, 2.75) is 19.8 Å². The molecule has 60 valence electrons. The number of hydrogen-bond acceptors (Lipinski definition) is 1. The molecule has 0 aliphatic carbocycles. The number of rotatable bonds is 2. The molecule has 1 rings (SSSR count). The molecule has 0 unspecified atom stereocenters. The highest BCUT2D eigenvalue weighted by Crippen LogP contribution is 2.20. The summed E-state index contributed by atoms with van der Waals surface area (Å²) in [5.74, 6) is 0.380. The van der Waals surface area contributed by atoms with E-state index in [1.165, 1.54) is 5.56 Å². The lowest BCUT2D eigenvalue weighted by Crippen LogP contribution is -1.83. The Kier molecular flexibility index (Phi) is 3.17. The van der Waals surface area contributed by atoms with Gasteiger partial charge in [0.2, 0.25) is 0 Å². The Labute approximate surface area is 80.6 Å². The monoisotopic (exact) mass is 262 g/mol. The van der Waals surface area contributed by atoms with Gasteiger partial charge < -0.3 is 5.11 Å². The zero-order valence-corrected chi connectivity index (χ0v) is 8.63. The van der Waals surface area contributed by atoms with Crippen molar-refractivity contribution in [2.75, 3.05) is 0 Å². The molecule has 0 spiro atoms. The molecule has 0 fully saturated rings. The van der Waals surface area contributed by atoms with Gasteiger partial charge >= 0.3 is 0 Å². The van der Waals surface area contributed by atoms with Crippen LogP contribution >= 0.6 is 22.6 Å². The minimum atomic E-state index is 0.380. The van der Waals surface area contributed by atoms with E-state index < -0.39 is 0 Å². The summed E-state index contributed by atoms with van der Waals surface area (Å²) in [6.07, 6.45) is 2.25. The van der Waals surface area contributed by atoms with Crippen molar-refractivity contribution in [2.24, 2.45) is 0 Å². The third-order valence-corrected chi connectivity index (χ3v) is 2.41. The van der Waals surface area contributed by atoms with E-state index >= 15 is 0 Å². The van der Waals surface area contributed by atoms with E-state index in [-0.39, 0.29) is 0 Å². The van der Waals surface area contributed by atoms with E-state index in [0.717, 1.165) is 16.4 Å². The molecule has 0 aromatic heterocycles. The molecule has 0 heterocycles. The van der Waals surface area contributed by atoms with Crippen LogP contribution in [-0.4, -0.2) is 5.11 Å². The van der Waals surface area contributed by atoms with E-state index in [1.54, 1.807) is 6.07 Å². The first-order valence-electron chi connectivity index (χ1n) is 3.71. The van der Waals surface area contributed by atoms with Crippen molar-refractivity contribution in [3.63, 3.8) is 0 Å². The van der Waals surface area contributed by atoms with Gasteiger partial charge in [0.15, 0.2) is 0 Å². The molecule has 1 nitrogen and oxygen atoms in total. The van der Waals surface area contributed by atoms with Crippen LogP contribution in [0.5, 0.6) is 5.75 Å². The summed E-state index contributed by atoms with van der Waals surface area (Å²) in [4.78, 5) is 0. The highest BCUT2D eigenvalue weighted by molar-refractivity contribution is 14.1. The largest absolute Gasteiger partial charge is 0.507 e. The number of phenolic OH excluding ortho intramolecular Hbond substituents is 1. The summed E-state index contributed by atoms with van der Waals surface area (Å²) < 4.78 is 0.938. The standard InChI is InChI=1S/C9H11IO/c1-2-3-7-4-5-9(11)8(10)6-7/h4-6,11H,2-3H2,1H3. The van der Waals surface area contributed by atoms with Crippen LogP contribution in [0.15, 0.2) is 18.2 Å². The van der Waals surface area contributed by atoms with E-state index in [0.29, 0.717) is 5.75 Å². The molecule has 0 radical (unpaired) electrons. The number of halogens is 1. The highest BCUT2D eigenvalue weighted by Gasteiger charge is 1.97. The van der Waals surface area contributed by atoms with Gasteiger partial charge in [0.25, 0.3) is 0 Å². The fourth-order valence-corrected chi connectivity index (χ4v) is 1.57. The van der Waals surface area contributed by atoms with Crippen LogP contribution in [0.3, 0.4) is 0 Å². The first kappa shape index (κ1) is 8.84. The van der Waals surface area contributed by atoms with Crippen molar-refractivity contribution in [1.29, 1.82) is 0 Å². The van der Waals surface area contributed by atoms with Crippen LogP contribution in [0.25, 0.3) is 0 Å². The van der Waals surface area contributed by atoms with E-state index in [4.69, 9.17) is 0 Å². The molecule has 0 amide bonds. The summed E-state index contributed by atoms with van der Waals surface area (Å²) in [5, 5.41) is 9.20. The fourth-order valence-electron chi connectivity index (χ4n) is 0.995. The highest BCUT2D eigenvalue weighted by atomic mass is 127. The number of aryl methyl sites for hydroxylation is 1. The Morgan fingerprint density at radius 3 is 2.73 bits per heavy atom. The number of phenols is 1. The van der Waals surface area contributed by atoms with Crippen LogP contribution in [0.2, 0.25) is 0 Å². The third-order valence-electron chi connectivity index (χ3n) is 1.55. The minimum absolute atomic E-state index is 0.380. The van der Waals surface area contributed by atoms with Gasteiger partial charge in [0.05, 0.1) is 3.57 Å². The smallest absolute Gasteiger partial charge is 0.128 e. The van der Waals surface area contributed by atoms with Crippen molar-refractivity contribution < 1.29 is 5.11 Å². The summed E-state index contributed by atoms with van der Waals surface area (Å²) in [5.41, 5.74) is 1.30. The van der Waals surface area contributed by atoms with Crippen LogP contribution in [0, 0.1) is 3.57 Å². The Bertz CT molecular complexity index is 245. The quantitative estimate of drug-likeness (QED) is 0.812. The third kappa shape index (κ3) is 2.36. The molecule has 0 aliphatic rings. The SMILES string of the molecule is CCCc1ccc(O)c(I)c1. The summed E-state index contributed by atoms with van der Waals surface area (Å²) in [7, 11) is 0. The maximum Gasteiger partial charge on any atom is 0.128 e. The van der Waals surface area contributed by atoms with Crippen LogP contribution < -0.4 is 0 Å². The molecule has 0 aliphatic heterocycles. The topological polar surface area (TPSA) is 20.2 Å². The molecule has 1 aromatic rings. The Morgan fingerprint density at radius 1 is 1.45 bits per heavy atom. The molecule has 1 aromatic carbocycles. The average molecular weight is 262 g/mol. The predicted molar refractivity (Wildman–Crippen MR) is 54.8 cm³/mol. The zero-order valence-electron chi connectivity index (χ0n) is 6.47. The van der Waals surface area contributed by atoms with Crippen molar-refractivity contribution in [1.82, 2.24) is 0 Å². The second-order valence-electron chi connectivity index (χ2n) is 2.54. The van der Waals surface area contributed by atoms with Crippen LogP contribution in [-0.2, 0) is 6.42 Å². The van der Waals surface area contributed by atoms with Gasteiger partial charge in [-0.1, -0.05) is 19.4 Å². The number of hydrogen-bond donors (Lipinski definition) is 1. The molecular formula is C9H11IO. The van der Waals surface area contributed by atoms with Crippen LogP contribution in [0.4, 0.5) is 0 Å². The van der Waals surface area contributed by atoms with Gasteiger partial charge in [-0.25, -0.2) is 0 Å². The maximum absolute atomic E-state index is 9.20. The molecular weight excluding hydrogens is 251 g/mol. The molecule has 0 atom stereocenters. The second kappa shape index (κ2) is 3.95. The van der Waals surface area contributed by atoms with Gasteiger partial charge in [-0.15, -0.1) is 0 Å². The Morgan fingerprint density at radius 2 is 2.18 bits per heavy atom. The van der Waals surface area contributed by atoms with E-state index in [9.17, 15) is 5.11 Å². The first-order valence-corrected chi connectivity index (χ1v) is 4.79. The number of benzene rings is 1. The summed E-state index contributed by atoms with van der Waals surface area (Å²) in [6.45, 7) is 2.15. The van der Waals surface area contributed by atoms with Gasteiger partial charge in [0.1, 0.15) is 5.75 Å². The van der Waals surface area contributed by atoms with Gasteiger partial charge in [-0.05, 0) is 46.7 Å². The molecule has 11 heavy (non-hydrogen) atoms. The predicted octanol–water partition coefficient (Wildman–Crippen LogP) is 2.95. The second-order valence-corrected chi connectivity index (χ2v) is 3.70. The van der Waals surface area contributed by atoms with Crippen LogP contribution in [0.1, 0.15) is 18.9 Å². The average Bonchev–Trinajstić information content (AvgIpc) is 1.98. The lowest BCUT2D eigenvalue weighted by atomic mass is 10.1. The summed E-state index contributed by atoms with van der Waals surface area (Å²) in [6, 6.07) is 5.76. The molecule has 1 N–H and O–H groups in total. The molecule has 0 saturated heterocycles. The lowest BCUT2D eigenvalue weighted by Gasteiger charge is -2.00. The number of aromatic hydroxyl groups is 1. The van der Waals surface area contributed by atoms with Crippen molar-refractivity contribution >= 4 is 22.6 Å². The normalized spacial score (nSPS) is 10.0. The molecule has 2 heteroatoms. The maximum atomic E-state index is 9.20. The summed E-state index contributed by atoms with van der Waals surface area (Å²) >= 11 is 2.14. The Hall–Kier alpha value is -0.250. The molecule has 0 bridgehead atoms. The van der Waals surface area contributed by atoms with Crippen molar-refractivity contribution in [3.05, 3.63) is 27.3 Å². The first-order chi connectivity index (χ1) is 5.24. The van der Waals surface area contributed by atoms with Gasteiger partial charge in [-0.2, -0.15) is 0 Å². The van der Waals surface area contributed by atoms with E-state index in [1.807, 2.05) is 12.1 Å². The molecule has 0 saturated carbocycles. The van der Waals surface area contributed by atoms with Crippen molar-refractivity contribution in [3.8, 4) is 5.75 Å².